The number of aromatic amines is 1. The molecule has 0 spiro atoms. The first-order valence-electron chi connectivity index (χ1n) is 10.0. The summed E-state index contributed by atoms with van der Waals surface area (Å²) < 4.78 is 25.7. The van der Waals surface area contributed by atoms with Gasteiger partial charge in [-0.05, 0) is 55.2 Å². The van der Waals surface area contributed by atoms with E-state index in [0.717, 1.165) is 22.4 Å². The minimum Gasteiger partial charge on any atom is -0.342 e. The molecule has 1 unspecified atom stereocenters. The summed E-state index contributed by atoms with van der Waals surface area (Å²) in [7, 11) is -3.36. The molecule has 0 bridgehead atoms. The Morgan fingerprint density at radius 3 is 2.63 bits per heavy atom. The van der Waals surface area contributed by atoms with Crippen molar-refractivity contribution in [2.45, 2.75) is 39.3 Å². The quantitative estimate of drug-likeness (QED) is 0.654. The molecule has 0 saturated heterocycles. The second-order valence-corrected chi connectivity index (χ2v) is 10.1. The number of para-hydroxylation sites is 2. The molecule has 1 aliphatic rings. The van der Waals surface area contributed by atoms with Crippen LogP contribution >= 0.6 is 0 Å². The average molecular weight is 427 g/mol. The maximum absolute atomic E-state index is 13.0. The van der Waals surface area contributed by atoms with E-state index in [0.29, 0.717) is 17.7 Å². The number of benzene rings is 2. The van der Waals surface area contributed by atoms with Crippen LogP contribution in [0.5, 0.6) is 0 Å². The van der Waals surface area contributed by atoms with E-state index in [9.17, 15) is 13.2 Å². The third kappa shape index (κ3) is 3.67. The van der Waals surface area contributed by atoms with E-state index in [-0.39, 0.29) is 23.9 Å². The van der Waals surface area contributed by atoms with Crippen molar-refractivity contribution >= 4 is 32.7 Å². The number of sulfonamides is 1. The number of hydrogen-bond donors (Lipinski definition) is 2. The maximum atomic E-state index is 13.0. The molecule has 1 aromatic heterocycles. The zero-order valence-electron chi connectivity index (χ0n) is 17.5. The van der Waals surface area contributed by atoms with E-state index in [1.807, 2.05) is 45.0 Å². The first-order valence-corrected chi connectivity index (χ1v) is 11.9. The highest BCUT2D eigenvalue weighted by Gasteiger charge is 2.33. The fraction of sp³-hybridized carbons (Fsp3) is 0.364. The lowest BCUT2D eigenvalue weighted by atomic mass is 10.0. The van der Waals surface area contributed by atoms with Gasteiger partial charge in [0.15, 0.2) is 0 Å². The molecule has 4 rings (SSSR count). The highest BCUT2D eigenvalue weighted by molar-refractivity contribution is 7.92. The summed E-state index contributed by atoms with van der Waals surface area (Å²) in [4.78, 5) is 21.0. The topological polar surface area (TPSA) is 95.2 Å². The van der Waals surface area contributed by atoms with E-state index < -0.39 is 10.0 Å². The molecule has 8 heteroatoms. The van der Waals surface area contributed by atoms with E-state index >= 15 is 0 Å². The van der Waals surface area contributed by atoms with Gasteiger partial charge >= 0.3 is 0 Å². The molecule has 0 aliphatic carbocycles. The van der Waals surface area contributed by atoms with Crippen LogP contribution in [-0.4, -0.2) is 36.6 Å². The molecule has 7 nitrogen and oxygen atoms in total. The number of fused-ring (bicyclic) bond motifs is 2. The van der Waals surface area contributed by atoms with Crippen molar-refractivity contribution in [2.75, 3.05) is 10.6 Å². The average Bonchev–Trinajstić information content (AvgIpc) is 3.24. The molecule has 1 amide bonds. The number of anilines is 1. The smallest absolute Gasteiger partial charge is 0.251 e. The van der Waals surface area contributed by atoms with E-state index in [4.69, 9.17) is 0 Å². The Kier molecular flexibility index (Phi) is 5.05. The number of H-pyrrole nitrogens is 1. The molecule has 2 N–H and O–H groups in total. The first kappa shape index (κ1) is 20.4. The second kappa shape index (κ2) is 7.43. The summed E-state index contributed by atoms with van der Waals surface area (Å²) in [6, 6.07) is 12.5. The fourth-order valence-electron chi connectivity index (χ4n) is 4.14. The number of amides is 1. The molecular formula is C22H26N4O3S. The van der Waals surface area contributed by atoms with Gasteiger partial charge in [0, 0.05) is 11.6 Å². The van der Waals surface area contributed by atoms with Crippen LogP contribution in [0.2, 0.25) is 0 Å². The lowest BCUT2D eigenvalue weighted by Crippen LogP contribution is -2.34. The molecule has 2 aromatic carbocycles. The van der Waals surface area contributed by atoms with Crippen molar-refractivity contribution in [1.29, 1.82) is 0 Å². The second-order valence-electron chi connectivity index (χ2n) is 8.29. The Labute approximate surface area is 176 Å². The van der Waals surface area contributed by atoms with Crippen LogP contribution in [0.1, 0.15) is 48.6 Å². The van der Waals surface area contributed by atoms with E-state index in [1.54, 1.807) is 18.2 Å². The number of nitrogens with zero attached hydrogens (tertiary/aromatic N) is 2. The van der Waals surface area contributed by atoms with Gasteiger partial charge in [-0.3, -0.25) is 9.10 Å². The molecule has 0 saturated carbocycles. The Hall–Kier alpha value is -2.87. The predicted octanol–water partition coefficient (Wildman–Crippen LogP) is 3.40. The molecule has 0 fully saturated rings. The van der Waals surface area contributed by atoms with Crippen LogP contribution in [0.3, 0.4) is 0 Å². The van der Waals surface area contributed by atoms with Gasteiger partial charge in [0.2, 0.25) is 10.0 Å². The summed E-state index contributed by atoms with van der Waals surface area (Å²) in [6.07, 6.45) is 1.79. The lowest BCUT2D eigenvalue weighted by molar-refractivity contribution is 0.0923. The standard InChI is InChI=1S/C22H26N4O3S/c1-13(2)20(21-23-17-7-5-6-8-18(17)24-21)25-22(27)15-9-10-19-16(12-15)11-14(3)26(19)30(4,28)29/h5-10,12-14,20H,11H2,1-4H3,(H,23,24)(H,25,27)/t14?,20-/m0/s1. The van der Waals surface area contributed by atoms with Crippen molar-refractivity contribution in [3.05, 3.63) is 59.4 Å². The van der Waals surface area contributed by atoms with Gasteiger partial charge < -0.3 is 10.3 Å². The largest absolute Gasteiger partial charge is 0.342 e. The number of rotatable bonds is 5. The zero-order chi connectivity index (χ0) is 21.6. The van der Waals surface area contributed by atoms with Crippen LogP contribution in [-0.2, 0) is 16.4 Å². The van der Waals surface area contributed by atoms with Crippen LogP contribution in [0.15, 0.2) is 42.5 Å². The molecule has 30 heavy (non-hydrogen) atoms. The van der Waals surface area contributed by atoms with Gasteiger partial charge in [0.25, 0.3) is 5.91 Å². The third-order valence-corrected chi connectivity index (χ3v) is 6.78. The third-order valence-electron chi connectivity index (χ3n) is 5.51. The zero-order valence-corrected chi connectivity index (χ0v) is 18.3. The molecule has 1 aliphatic heterocycles. The van der Waals surface area contributed by atoms with E-state index in [1.165, 1.54) is 10.6 Å². The van der Waals surface area contributed by atoms with Crippen LogP contribution in [0.25, 0.3) is 11.0 Å². The Morgan fingerprint density at radius 1 is 1.23 bits per heavy atom. The van der Waals surface area contributed by atoms with Crippen LogP contribution in [0.4, 0.5) is 5.69 Å². The number of hydrogen-bond acceptors (Lipinski definition) is 4. The monoisotopic (exact) mass is 426 g/mol. The summed E-state index contributed by atoms with van der Waals surface area (Å²) >= 11 is 0. The summed E-state index contributed by atoms with van der Waals surface area (Å²) in [5, 5.41) is 3.09. The molecular weight excluding hydrogens is 400 g/mol. The van der Waals surface area contributed by atoms with Gasteiger partial charge in [-0.25, -0.2) is 13.4 Å². The molecule has 2 atom stereocenters. The van der Waals surface area contributed by atoms with Crippen LogP contribution in [0, 0.1) is 5.92 Å². The van der Waals surface area contributed by atoms with Crippen molar-refractivity contribution in [3.8, 4) is 0 Å². The molecule has 2 heterocycles. The van der Waals surface area contributed by atoms with Crippen molar-refractivity contribution in [3.63, 3.8) is 0 Å². The Balaban J connectivity index is 1.60. The minimum atomic E-state index is -3.36. The number of nitrogens with one attached hydrogen (secondary N) is 2. The number of carbonyl (C=O) groups excluding carboxylic acids is 1. The maximum Gasteiger partial charge on any atom is 0.251 e. The predicted molar refractivity (Wildman–Crippen MR) is 118 cm³/mol. The van der Waals surface area contributed by atoms with Crippen molar-refractivity contribution in [2.24, 2.45) is 5.92 Å². The highest BCUT2D eigenvalue weighted by Crippen LogP contribution is 2.35. The minimum absolute atomic E-state index is 0.129. The van der Waals surface area contributed by atoms with Crippen molar-refractivity contribution < 1.29 is 13.2 Å². The highest BCUT2D eigenvalue weighted by atomic mass is 32.2. The Bertz CT molecular complexity index is 1180. The SMILES string of the molecule is CC(C)[C@H](NC(=O)c1ccc2c(c1)CC(C)N2S(C)(=O)=O)c1nc2ccccc2[nH]1. The Morgan fingerprint density at radius 2 is 1.97 bits per heavy atom. The summed E-state index contributed by atoms with van der Waals surface area (Å²) in [6.45, 7) is 5.94. The number of imidazole rings is 1. The summed E-state index contributed by atoms with van der Waals surface area (Å²) in [5.41, 5.74) is 3.82. The van der Waals surface area contributed by atoms with Gasteiger partial charge in [-0.1, -0.05) is 26.0 Å². The summed E-state index contributed by atoms with van der Waals surface area (Å²) in [5.74, 6) is 0.643. The van der Waals surface area contributed by atoms with Gasteiger partial charge in [0.1, 0.15) is 5.82 Å². The van der Waals surface area contributed by atoms with Crippen LogP contribution < -0.4 is 9.62 Å². The lowest BCUT2D eigenvalue weighted by Gasteiger charge is -2.22. The normalized spacial score (nSPS) is 17.4. The van der Waals surface area contributed by atoms with Gasteiger partial charge in [0.05, 0.1) is 29.0 Å². The fourth-order valence-corrected chi connectivity index (χ4v) is 5.41. The molecule has 0 radical (unpaired) electrons. The van der Waals surface area contributed by atoms with Crippen molar-refractivity contribution in [1.82, 2.24) is 15.3 Å². The number of carbonyl (C=O) groups is 1. The number of aromatic nitrogens is 2. The van der Waals surface area contributed by atoms with Gasteiger partial charge in [-0.2, -0.15) is 0 Å². The first-order chi connectivity index (χ1) is 14.1. The molecule has 3 aromatic rings. The van der Waals surface area contributed by atoms with E-state index in [2.05, 4.69) is 15.3 Å². The van der Waals surface area contributed by atoms with Gasteiger partial charge in [-0.15, -0.1) is 0 Å². The molecule has 158 valence electrons.